The van der Waals surface area contributed by atoms with Gasteiger partial charge in [-0.2, -0.15) is 12.1 Å². The zero-order valence-electron chi connectivity index (χ0n) is 15.7. The fraction of sp³-hybridized carbons (Fsp3) is 0.182. The molecule has 134 valence electrons. The molecule has 0 bridgehead atoms. The van der Waals surface area contributed by atoms with Crippen LogP contribution in [0.15, 0.2) is 72.8 Å². The Morgan fingerprint density at radius 2 is 1.00 bits per heavy atom. The summed E-state index contributed by atoms with van der Waals surface area (Å²) in [4.78, 5) is 0. The van der Waals surface area contributed by atoms with Gasteiger partial charge in [0.15, 0.2) is 0 Å². The Bertz CT molecular complexity index is 788. The van der Waals surface area contributed by atoms with Crippen molar-refractivity contribution in [3.05, 3.63) is 83.9 Å². The minimum atomic E-state index is -1.67. The second kappa shape index (κ2) is 10.6. The SMILES string of the molecule is C[Si](C)(Cl)Cl.Cc1cc2ccccc2[cH-]1.Cc1cc2ccccc2[cH-]1.[Zr+2]. The van der Waals surface area contributed by atoms with E-state index in [9.17, 15) is 0 Å². The zero-order chi connectivity index (χ0) is 18.4. The molecule has 4 aromatic carbocycles. The first-order valence-electron chi connectivity index (χ1n) is 8.34. The predicted octanol–water partition coefficient (Wildman–Crippen LogP) is 7.90. The van der Waals surface area contributed by atoms with Crippen LogP contribution in [0.5, 0.6) is 0 Å². The van der Waals surface area contributed by atoms with Crippen LogP contribution in [-0.4, -0.2) is 6.69 Å². The van der Waals surface area contributed by atoms with E-state index in [1.54, 1.807) is 0 Å². The van der Waals surface area contributed by atoms with Crippen LogP contribution in [0.25, 0.3) is 21.5 Å². The maximum Gasteiger partial charge on any atom is 2.00 e. The van der Waals surface area contributed by atoms with Gasteiger partial charge in [-0.05, 0) is 13.1 Å². The van der Waals surface area contributed by atoms with E-state index >= 15 is 0 Å². The second-order valence-corrected chi connectivity index (χ2v) is 15.6. The molecular formula is C22H24Cl2SiZr. The zero-order valence-corrected chi connectivity index (χ0v) is 20.7. The molecular weight excluding hydrogens is 454 g/mol. The Morgan fingerprint density at radius 1 is 0.692 bits per heavy atom. The van der Waals surface area contributed by atoms with Crippen molar-refractivity contribution in [2.45, 2.75) is 26.9 Å². The number of fused-ring (bicyclic) bond motifs is 2. The van der Waals surface area contributed by atoms with Crippen LogP contribution < -0.4 is 0 Å². The average molecular weight is 479 g/mol. The quantitative estimate of drug-likeness (QED) is 0.137. The number of hydrogen-bond acceptors (Lipinski definition) is 0. The van der Waals surface area contributed by atoms with Crippen molar-refractivity contribution in [1.82, 2.24) is 0 Å². The molecule has 0 unspecified atom stereocenters. The van der Waals surface area contributed by atoms with E-state index in [0.29, 0.717) is 0 Å². The van der Waals surface area contributed by atoms with Gasteiger partial charge < -0.3 is 0 Å². The number of benzene rings is 2. The van der Waals surface area contributed by atoms with Crippen molar-refractivity contribution in [2.75, 3.05) is 0 Å². The van der Waals surface area contributed by atoms with E-state index in [4.69, 9.17) is 22.2 Å². The Balaban J connectivity index is 0.000000204. The average Bonchev–Trinajstić information content (AvgIpc) is 3.06. The summed E-state index contributed by atoms with van der Waals surface area (Å²) in [6.07, 6.45) is 0. The molecule has 0 fully saturated rings. The van der Waals surface area contributed by atoms with Gasteiger partial charge in [0.2, 0.25) is 6.69 Å². The molecule has 0 aliphatic heterocycles. The van der Waals surface area contributed by atoms with Gasteiger partial charge in [0.1, 0.15) is 0 Å². The summed E-state index contributed by atoms with van der Waals surface area (Å²) in [5.74, 6) is 0. The van der Waals surface area contributed by atoms with Crippen molar-refractivity contribution in [2.24, 2.45) is 0 Å². The van der Waals surface area contributed by atoms with Gasteiger partial charge in [-0.15, -0.1) is 103 Å². The van der Waals surface area contributed by atoms with E-state index in [0.717, 1.165) is 0 Å². The summed E-state index contributed by atoms with van der Waals surface area (Å²) in [6, 6.07) is 25.7. The van der Waals surface area contributed by atoms with Gasteiger partial charge in [-0.25, -0.2) is 0 Å². The Labute approximate surface area is 186 Å². The van der Waals surface area contributed by atoms with Crippen molar-refractivity contribution in [3.63, 3.8) is 0 Å². The van der Waals surface area contributed by atoms with Crippen LogP contribution in [0, 0.1) is 13.8 Å². The van der Waals surface area contributed by atoms with E-state index in [1.165, 1.54) is 32.7 Å². The van der Waals surface area contributed by atoms with Crippen molar-refractivity contribution in [1.29, 1.82) is 0 Å². The summed E-state index contributed by atoms with van der Waals surface area (Å²) in [5.41, 5.74) is 2.70. The maximum absolute atomic E-state index is 5.43. The van der Waals surface area contributed by atoms with Crippen LogP contribution in [0.2, 0.25) is 13.1 Å². The van der Waals surface area contributed by atoms with Gasteiger partial charge in [-0.1, -0.05) is 26.0 Å². The molecule has 0 amide bonds. The third-order valence-electron chi connectivity index (χ3n) is 3.52. The molecule has 0 radical (unpaired) electrons. The van der Waals surface area contributed by atoms with Crippen LogP contribution in [0.3, 0.4) is 0 Å². The number of halogens is 2. The molecule has 0 aromatic heterocycles. The normalized spacial score (nSPS) is 10.4. The molecule has 0 aliphatic rings. The largest absolute Gasteiger partial charge is 2.00 e. The first kappa shape index (κ1) is 23.4. The van der Waals surface area contributed by atoms with E-state index in [1.807, 2.05) is 13.1 Å². The Kier molecular flexibility index (Phi) is 9.55. The Hall–Kier alpha value is -0.660. The summed E-state index contributed by atoms with van der Waals surface area (Å²) in [7, 11) is 0. The third-order valence-corrected chi connectivity index (χ3v) is 3.52. The molecule has 4 heteroatoms. The minimum absolute atomic E-state index is 0. The molecule has 4 rings (SSSR count). The molecule has 0 N–H and O–H groups in total. The Morgan fingerprint density at radius 3 is 1.31 bits per heavy atom. The molecule has 0 spiro atoms. The van der Waals surface area contributed by atoms with E-state index in [2.05, 4.69) is 86.6 Å². The van der Waals surface area contributed by atoms with Crippen LogP contribution in [0.1, 0.15) is 11.1 Å². The molecule has 0 saturated heterocycles. The topological polar surface area (TPSA) is 0 Å². The van der Waals surface area contributed by atoms with Crippen LogP contribution >= 0.6 is 22.2 Å². The van der Waals surface area contributed by atoms with E-state index < -0.39 is 6.69 Å². The summed E-state index contributed by atoms with van der Waals surface area (Å²) >= 11 is 10.9. The van der Waals surface area contributed by atoms with Gasteiger partial charge >= 0.3 is 26.2 Å². The monoisotopic (exact) mass is 476 g/mol. The maximum atomic E-state index is 5.43. The van der Waals surface area contributed by atoms with Crippen LogP contribution in [-0.2, 0) is 26.2 Å². The van der Waals surface area contributed by atoms with Crippen molar-refractivity contribution < 1.29 is 26.2 Å². The fourth-order valence-electron chi connectivity index (χ4n) is 2.61. The molecule has 0 aliphatic carbocycles. The summed E-state index contributed by atoms with van der Waals surface area (Å²) in [5, 5.41) is 5.39. The van der Waals surface area contributed by atoms with Crippen molar-refractivity contribution >= 4 is 50.4 Å². The molecule has 0 saturated carbocycles. The van der Waals surface area contributed by atoms with Crippen LogP contribution in [0.4, 0.5) is 0 Å². The molecule has 4 aromatic rings. The summed E-state index contributed by atoms with van der Waals surface area (Å²) in [6.45, 7) is 6.30. The fourth-order valence-corrected chi connectivity index (χ4v) is 2.61. The minimum Gasteiger partial charge on any atom is -0.165 e. The molecule has 0 heterocycles. The predicted molar refractivity (Wildman–Crippen MR) is 118 cm³/mol. The van der Waals surface area contributed by atoms with Gasteiger partial charge in [0.25, 0.3) is 0 Å². The third kappa shape index (κ3) is 8.35. The van der Waals surface area contributed by atoms with E-state index in [-0.39, 0.29) is 26.2 Å². The molecule has 26 heavy (non-hydrogen) atoms. The first-order chi connectivity index (χ1) is 11.7. The second-order valence-electron chi connectivity index (χ2n) is 6.65. The number of rotatable bonds is 0. The van der Waals surface area contributed by atoms with Gasteiger partial charge in [-0.3, -0.25) is 0 Å². The summed E-state index contributed by atoms with van der Waals surface area (Å²) < 4.78 is 0. The van der Waals surface area contributed by atoms with Gasteiger partial charge in [0, 0.05) is 0 Å². The standard InChI is InChI=1S/2C10H9.C2H6Cl2Si.Zr/c2*1-8-6-9-4-2-3-5-10(9)7-8;1-5(2,3)4;/h2*2-7H,1H3;1-2H3;/q2*-1;;+2. The first-order valence-corrected chi connectivity index (χ1v) is 13.4. The van der Waals surface area contributed by atoms with Gasteiger partial charge in [0.05, 0.1) is 0 Å². The van der Waals surface area contributed by atoms with Crippen molar-refractivity contribution in [3.8, 4) is 0 Å². The molecule has 0 atom stereocenters. The smallest absolute Gasteiger partial charge is 0.165 e. The number of hydrogen-bond donors (Lipinski definition) is 0. The number of aryl methyl sites for hydroxylation is 2. The molecule has 0 nitrogen and oxygen atoms in total.